The Balaban J connectivity index is 1.56. The lowest BCUT2D eigenvalue weighted by molar-refractivity contribution is -0.149. The second-order valence-corrected chi connectivity index (χ2v) is 11.1. The largest absolute Gasteiger partial charge is 0.461 e. The normalized spacial score (nSPS) is 25.8. The van der Waals surface area contributed by atoms with Gasteiger partial charge in [0.15, 0.2) is 17.6 Å². The predicted octanol–water partition coefficient (Wildman–Crippen LogP) is 2.70. The van der Waals surface area contributed by atoms with Crippen molar-refractivity contribution in [2.45, 2.75) is 57.8 Å². The molecule has 3 aromatic rings. The fourth-order valence-electron chi connectivity index (χ4n) is 4.04. The van der Waals surface area contributed by atoms with E-state index in [1.54, 1.807) is 44.2 Å². The number of esters is 1. The van der Waals surface area contributed by atoms with Gasteiger partial charge < -0.3 is 34.4 Å². The molecular formula is C24H31N4O9P. The molecule has 206 valence electrons. The molecule has 14 heteroatoms. The Hall–Kier alpha value is -3.06. The van der Waals surface area contributed by atoms with Crippen LogP contribution < -0.4 is 15.3 Å². The zero-order valence-corrected chi connectivity index (χ0v) is 22.2. The van der Waals surface area contributed by atoms with E-state index in [1.165, 1.54) is 26.4 Å². The first kappa shape index (κ1) is 28.0. The van der Waals surface area contributed by atoms with Gasteiger partial charge >= 0.3 is 13.7 Å². The van der Waals surface area contributed by atoms with Crippen molar-refractivity contribution in [3.63, 3.8) is 0 Å². The fourth-order valence-corrected chi connectivity index (χ4v) is 5.62. The number of fused-ring (bicyclic) bond motifs is 1. The minimum absolute atomic E-state index is 0.108. The highest BCUT2D eigenvalue weighted by Crippen LogP contribution is 2.49. The third kappa shape index (κ3) is 5.83. The summed E-state index contributed by atoms with van der Waals surface area (Å²) >= 11 is 0. The van der Waals surface area contributed by atoms with Crippen molar-refractivity contribution >= 4 is 30.6 Å². The second kappa shape index (κ2) is 11.0. The van der Waals surface area contributed by atoms with Crippen LogP contribution in [0.1, 0.15) is 39.4 Å². The van der Waals surface area contributed by atoms with Crippen molar-refractivity contribution in [2.24, 2.45) is 5.92 Å². The number of carbonyl (C=O) groups excluding carboxylic acids is 1. The Kier molecular flexibility index (Phi) is 8.07. The zero-order chi connectivity index (χ0) is 27.7. The maximum Gasteiger partial charge on any atom is 0.461 e. The van der Waals surface area contributed by atoms with Crippen LogP contribution in [0, 0.1) is 5.92 Å². The molecule has 0 radical (unpaired) electrons. The molecule has 0 saturated carbocycles. The van der Waals surface area contributed by atoms with Crippen LogP contribution in [0.2, 0.25) is 0 Å². The molecule has 0 aliphatic carbocycles. The summed E-state index contributed by atoms with van der Waals surface area (Å²) in [6.07, 6.45) is -2.13. The van der Waals surface area contributed by atoms with Crippen LogP contribution in [-0.4, -0.2) is 56.8 Å². The van der Waals surface area contributed by atoms with E-state index in [-0.39, 0.29) is 23.1 Å². The van der Waals surface area contributed by atoms with E-state index in [0.29, 0.717) is 11.1 Å². The summed E-state index contributed by atoms with van der Waals surface area (Å²) in [4.78, 5) is 19.6. The monoisotopic (exact) mass is 550 g/mol. The molecule has 1 fully saturated rings. The van der Waals surface area contributed by atoms with E-state index in [4.69, 9.17) is 28.7 Å². The molecule has 2 aromatic heterocycles. The van der Waals surface area contributed by atoms with Gasteiger partial charge in [-0.25, -0.2) is 14.5 Å². The summed E-state index contributed by atoms with van der Waals surface area (Å²) in [5.41, 5.74) is 4.91. The summed E-state index contributed by atoms with van der Waals surface area (Å²) in [5.74, 6) is -0.546. The summed E-state index contributed by atoms with van der Waals surface area (Å²) in [7, 11) is -4.21. The Morgan fingerprint density at radius 3 is 2.66 bits per heavy atom. The lowest BCUT2D eigenvalue weighted by atomic mass is 9.89. The fraction of sp³-hybridized carbons (Fsp3) is 0.458. The van der Waals surface area contributed by atoms with Crippen molar-refractivity contribution in [2.75, 3.05) is 12.3 Å². The van der Waals surface area contributed by atoms with Crippen LogP contribution in [0.25, 0.3) is 11.1 Å². The number of nitrogens with two attached hydrogens (primary N) is 1. The van der Waals surface area contributed by atoms with Crippen LogP contribution in [0.4, 0.5) is 5.82 Å². The number of aliphatic hydroxyl groups is 2. The molecule has 0 amide bonds. The number of nitrogen functional groups attached to an aromatic ring is 1. The Morgan fingerprint density at radius 1 is 1.29 bits per heavy atom. The summed E-state index contributed by atoms with van der Waals surface area (Å²) in [6, 6.07) is 8.27. The minimum atomic E-state index is -4.21. The molecule has 2 unspecified atom stereocenters. The third-order valence-electron chi connectivity index (χ3n) is 6.05. The lowest BCUT2D eigenvalue weighted by Crippen LogP contribution is -2.43. The molecule has 1 saturated heterocycles. The molecule has 0 bridgehead atoms. The maximum atomic E-state index is 13.8. The number of nitrogens with zero attached hydrogens (tertiary/aromatic N) is 2. The number of benzene rings is 1. The Labute approximate surface area is 218 Å². The molecule has 1 aromatic carbocycles. The number of furan rings is 1. The van der Waals surface area contributed by atoms with Gasteiger partial charge in [0.05, 0.1) is 12.9 Å². The topological polar surface area (TPSA) is 188 Å². The summed E-state index contributed by atoms with van der Waals surface area (Å²) in [6.45, 7) is 5.67. The highest BCUT2D eigenvalue weighted by molar-refractivity contribution is 7.52. The van der Waals surface area contributed by atoms with Crippen molar-refractivity contribution < 1.29 is 42.5 Å². The zero-order valence-electron chi connectivity index (χ0n) is 21.3. The molecule has 0 spiro atoms. The van der Waals surface area contributed by atoms with Gasteiger partial charge in [-0.15, -0.1) is 0 Å². The first-order valence-electron chi connectivity index (χ1n) is 11.9. The van der Waals surface area contributed by atoms with Gasteiger partial charge in [0.25, 0.3) is 0 Å². The smallest absolute Gasteiger partial charge is 0.458 e. The molecular weight excluding hydrogens is 519 g/mol. The highest BCUT2D eigenvalue weighted by Gasteiger charge is 2.54. The number of hydrogen-bond acceptors (Lipinski definition) is 12. The van der Waals surface area contributed by atoms with Crippen molar-refractivity contribution in [3.8, 4) is 5.75 Å². The molecule has 6 atom stereocenters. The first-order valence-corrected chi connectivity index (χ1v) is 13.4. The number of aromatic nitrogens is 2. The molecule has 1 aliphatic rings. The lowest BCUT2D eigenvalue weighted by Gasteiger charge is -2.28. The van der Waals surface area contributed by atoms with Gasteiger partial charge in [-0.05, 0) is 19.1 Å². The van der Waals surface area contributed by atoms with Crippen LogP contribution in [0.5, 0.6) is 5.75 Å². The number of anilines is 1. The van der Waals surface area contributed by atoms with E-state index < -0.39 is 50.5 Å². The number of nitrogens with one attached hydrogen (secondary N) is 1. The van der Waals surface area contributed by atoms with E-state index in [2.05, 4.69) is 15.1 Å². The van der Waals surface area contributed by atoms with Gasteiger partial charge in [0.1, 0.15) is 41.5 Å². The van der Waals surface area contributed by atoms with Crippen molar-refractivity contribution in [1.29, 1.82) is 0 Å². The van der Waals surface area contributed by atoms with Gasteiger partial charge in [0, 0.05) is 18.4 Å². The average Bonchev–Trinajstić information content (AvgIpc) is 3.37. The SMILES string of the molecule is CC(=O)OC(NP(=O)(OC[C@H]1O[C@@H](c2coc3c(N)ncnc23)[C@](C)(O)[C@@H]1O)Oc1ccccc1)C(C)C. The number of ether oxygens (including phenoxy) is 2. The Bertz CT molecular complexity index is 1320. The number of rotatable bonds is 10. The molecule has 3 heterocycles. The molecule has 4 rings (SSSR count). The maximum absolute atomic E-state index is 13.8. The molecule has 1 aliphatic heterocycles. The first-order chi connectivity index (χ1) is 17.9. The van der Waals surface area contributed by atoms with Crippen molar-refractivity contribution in [1.82, 2.24) is 15.1 Å². The predicted molar refractivity (Wildman–Crippen MR) is 135 cm³/mol. The Morgan fingerprint density at radius 2 is 2.00 bits per heavy atom. The number of aliphatic hydroxyl groups excluding tert-OH is 1. The third-order valence-corrected chi connectivity index (χ3v) is 7.56. The van der Waals surface area contributed by atoms with E-state index in [9.17, 15) is 19.6 Å². The minimum Gasteiger partial charge on any atom is -0.458 e. The van der Waals surface area contributed by atoms with Crippen molar-refractivity contribution in [3.05, 3.63) is 48.5 Å². The summed E-state index contributed by atoms with van der Waals surface area (Å²) < 4.78 is 41.9. The van der Waals surface area contributed by atoms with Gasteiger partial charge in [-0.1, -0.05) is 32.0 Å². The molecule has 38 heavy (non-hydrogen) atoms. The number of hydrogen-bond donors (Lipinski definition) is 4. The molecule has 5 N–H and O–H groups in total. The number of para-hydroxylation sites is 1. The van der Waals surface area contributed by atoms with Crippen LogP contribution in [-0.2, 0) is 23.4 Å². The quantitative estimate of drug-likeness (QED) is 0.164. The van der Waals surface area contributed by atoms with Crippen LogP contribution in [0.3, 0.4) is 0 Å². The molecule has 13 nitrogen and oxygen atoms in total. The van der Waals surface area contributed by atoms with Crippen LogP contribution >= 0.6 is 7.75 Å². The summed E-state index contributed by atoms with van der Waals surface area (Å²) in [5, 5.41) is 24.7. The van der Waals surface area contributed by atoms with E-state index >= 15 is 0 Å². The second-order valence-electron chi connectivity index (χ2n) is 9.45. The van der Waals surface area contributed by atoms with Gasteiger partial charge in [-0.2, -0.15) is 5.09 Å². The van der Waals surface area contributed by atoms with E-state index in [1.807, 2.05) is 0 Å². The standard InChI is InChI=1S/C24H31N4O9P/c1-13(2)23(35-14(3)29)28-38(32,37-15-8-6-5-7-9-15)34-11-17-20(30)24(4,31)21(36-17)16-10-33-19-18(16)26-12-27-22(19)25/h5-10,12-13,17,20-21,23,30-31H,11H2,1-4H3,(H,28,32)(H2,25,26,27)/t17-,20-,21+,23?,24-,38?/m1/s1. The van der Waals surface area contributed by atoms with Crippen LogP contribution in [0.15, 0.2) is 47.3 Å². The average molecular weight is 551 g/mol. The van der Waals surface area contributed by atoms with Gasteiger partial charge in [0.2, 0.25) is 0 Å². The van der Waals surface area contributed by atoms with Gasteiger partial charge in [-0.3, -0.25) is 9.32 Å². The highest BCUT2D eigenvalue weighted by atomic mass is 31.2. The van der Waals surface area contributed by atoms with E-state index in [0.717, 1.165) is 0 Å². The number of carbonyl (C=O) groups is 1.